The van der Waals surface area contributed by atoms with Crippen LogP contribution in [0.1, 0.15) is 39.7 Å². The number of aliphatic carboxylic acids is 1. The standard InChI is InChI=1S/C22H16N4O5S2/c1-12-4-2-3-5-13(12)11-30-21(29)24-14-10-23-31-15(14)6-7-16-25-17-18(32-16)26-19(33-17)22(8-9-22)20(27)28/h2-5,10H,8-9,11H2,1H3,(H,24,29)(H,27,28). The third-order valence-electron chi connectivity index (χ3n) is 5.25. The van der Waals surface area contributed by atoms with Crippen LogP contribution in [-0.4, -0.2) is 32.3 Å². The molecule has 1 aliphatic carbocycles. The van der Waals surface area contributed by atoms with Crippen LogP contribution >= 0.6 is 22.7 Å². The fourth-order valence-electron chi connectivity index (χ4n) is 3.13. The third kappa shape index (κ3) is 4.18. The number of ether oxygens (including phenoxy) is 1. The van der Waals surface area contributed by atoms with Gasteiger partial charge in [-0.25, -0.2) is 14.8 Å². The molecule has 3 aromatic heterocycles. The van der Waals surface area contributed by atoms with Crippen molar-refractivity contribution in [3.63, 3.8) is 0 Å². The van der Waals surface area contributed by atoms with Gasteiger partial charge in [0.2, 0.25) is 5.76 Å². The zero-order valence-corrected chi connectivity index (χ0v) is 18.9. The maximum Gasteiger partial charge on any atom is 0.412 e. The lowest BCUT2D eigenvalue weighted by atomic mass is 10.1. The lowest BCUT2D eigenvalue weighted by Gasteiger charge is -2.07. The zero-order valence-electron chi connectivity index (χ0n) is 17.2. The zero-order chi connectivity index (χ0) is 23.0. The SMILES string of the molecule is Cc1ccccc1COC(=O)Nc1cnoc1C#Cc1nc2sc(C3(C(=O)O)CC3)nc2s1. The van der Waals surface area contributed by atoms with E-state index < -0.39 is 17.5 Å². The van der Waals surface area contributed by atoms with Crippen molar-refractivity contribution in [2.75, 3.05) is 5.32 Å². The summed E-state index contributed by atoms with van der Waals surface area (Å²) in [4.78, 5) is 33.9. The van der Waals surface area contributed by atoms with E-state index in [0.29, 0.717) is 32.5 Å². The van der Waals surface area contributed by atoms with Gasteiger partial charge >= 0.3 is 12.1 Å². The van der Waals surface area contributed by atoms with Gasteiger partial charge in [0.05, 0.1) is 6.20 Å². The predicted octanol–water partition coefficient (Wildman–Crippen LogP) is 4.31. The molecule has 0 atom stereocenters. The van der Waals surface area contributed by atoms with Crippen molar-refractivity contribution in [3.8, 4) is 11.8 Å². The number of nitrogens with zero attached hydrogens (tertiary/aromatic N) is 3. The Balaban J connectivity index is 1.26. The molecule has 0 aliphatic heterocycles. The van der Waals surface area contributed by atoms with Gasteiger partial charge in [-0.05, 0) is 42.7 Å². The molecule has 166 valence electrons. The predicted molar refractivity (Wildman–Crippen MR) is 121 cm³/mol. The first-order valence-electron chi connectivity index (χ1n) is 9.91. The van der Waals surface area contributed by atoms with Gasteiger partial charge in [-0.1, -0.05) is 52.1 Å². The average Bonchev–Trinajstić information content (AvgIpc) is 3.11. The number of anilines is 1. The number of hydrogen-bond donors (Lipinski definition) is 2. The molecule has 0 radical (unpaired) electrons. The highest BCUT2D eigenvalue weighted by atomic mass is 32.1. The van der Waals surface area contributed by atoms with Crippen LogP contribution in [0.25, 0.3) is 9.66 Å². The summed E-state index contributed by atoms with van der Waals surface area (Å²) in [6, 6.07) is 7.63. The van der Waals surface area contributed by atoms with Crippen LogP contribution in [0.5, 0.6) is 0 Å². The first-order valence-corrected chi connectivity index (χ1v) is 11.5. The maximum absolute atomic E-state index is 12.2. The van der Waals surface area contributed by atoms with Gasteiger partial charge < -0.3 is 14.4 Å². The molecule has 0 bridgehead atoms. The summed E-state index contributed by atoms with van der Waals surface area (Å²) in [7, 11) is 0. The number of amides is 1. The highest BCUT2D eigenvalue weighted by molar-refractivity contribution is 7.26. The van der Waals surface area contributed by atoms with Crippen LogP contribution in [0.4, 0.5) is 10.5 Å². The van der Waals surface area contributed by atoms with E-state index >= 15 is 0 Å². The van der Waals surface area contributed by atoms with Crippen molar-refractivity contribution in [1.29, 1.82) is 0 Å². The maximum atomic E-state index is 12.2. The topological polar surface area (TPSA) is 127 Å². The third-order valence-corrected chi connectivity index (χ3v) is 7.40. The van der Waals surface area contributed by atoms with E-state index in [4.69, 9.17) is 9.26 Å². The Morgan fingerprint density at radius 2 is 2.00 bits per heavy atom. The second kappa shape index (κ2) is 8.31. The summed E-state index contributed by atoms with van der Waals surface area (Å²) in [5.74, 6) is 5.01. The first-order chi connectivity index (χ1) is 15.9. The quantitative estimate of drug-likeness (QED) is 0.405. The Morgan fingerprint density at radius 3 is 2.73 bits per heavy atom. The van der Waals surface area contributed by atoms with Crippen LogP contribution in [0.2, 0.25) is 0 Å². The number of fused-ring (bicyclic) bond motifs is 1. The van der Waals surface area contributed by atoms with Gasteiger partial charge in [0, 0.05) is 0 Å². The Bertz CT molecular complexity index is 1410. The van der Waals surface area contributed by atoms with Crippen molar-refractivity contribution >= 4 is 50.1 Å². The van der Waals surface area contributed by atoms with Crippen LogP contribution in [0.3, 0.4) is 0 Å². The van der Waals surface area contributed by atoms with Crippen molar-refractivity contribution in [1.82, 2.24) is 15.1 Å². The van der Waals surface area contributed by atoms with Gasteiger partial charge in [-0.3, -0.25) is 10.1 Å². The summed E-state index contributed by atoms with van der Waals surface area (Å²) in [5, 5.41) is 16.8. The van der Waals surface area contributed by atoms with E-state index in [1.165, 1.54) is 28.9 Å². The van der Waals surface area contributed by atoms with E-state index in [0.717, 1.165) is 11.1 Å². The first kappa shape index (κ1) is 21.1. The highest BCUT2D eigenvalue weighted by Gasteiger charge is 2.54. The molecular formula is C22H16N4O5S2. The van der Waals surface area contributed by atoms with Crippen LogP contribution < -0.4 is 5.32 Å². The number of benzene rings is 1. The van der Waals surface area contributed by atoms with E-state index in [2.05, 4.69) is 32.3 Å². The number of carboxylic acids is 1. The normalized spacial score (nSPS) is 13.8. The summed E-state index contributed by atoms with van der Waals surface area (Å²) in [6.45, 7) is 2.08. The average molecular weight is 481 g/mol. The minimum absolute atomic E-state index is 0.138. The number of carboxylic acid groups (broad SMARTS) is 1. The smallest absolute Gasteiger partial charge is 0.412 e. The van der Waals surface area contributed by atoms with Gasteiger partial charge in [0.25, 0.3) is 0 Å². The second-order valence-corrected chi connectivity index (χ2v) is 9.44. The van der Waals surface area contributed by atoms with Crippen molar-refractivity contribution in [2.45, 2.75) is 31.8 Å². The van der Waals surface area contributed by atoms with Gasteiger partial charge in [0.1, 0.15) is 22.7 Å². The molecule has 11 heteroatoms. The van der Waals surface area contributed by atoms with E-state index in [1.54, 1.807) is 0 Å². The van der Waals surface area contributed by atoms with Crippen LogP contribution in [0, 0.1) is 18.8 Å². The summed E-state index contributed by atoms with van der Waals surface area (Å²) in [5.41, 5.74) is 1.38. The van der Waals surface area contributed by atoms with Gasteiger partial charge in [-0.15, -0.1) is 0 Å². The van der Waals surface area contributed by atoms with Crippen molar-refractivity contribution in [2.24, 2.45) is 0 Å². The Morgan fingerprint density at radius 1 is 1.21 bits per heavy atom. The molecule has 9 nitrogen and oxygen atoms in total. The molecule has 3 heterocycles. The number of hydrogen-bond acceptors (Lipinski definition) is 9. The number of aryl methyl sites for hydroxylation is 1. The molecule has 33 heavy (non-hydrogen) atoms. The lowest BCUT2D eigenvalue weighted by Crippen LogP contribution is -2.18. The Kier molecular flexibility index (Phi) is 5.32. The lowest BCUT2D eigenvalue weighted by molar-refractivity contribution is -0.140. The number of aromatic nitrogens is 3. The largest absolute Gasteiger partial charge is 0.481 e. The van der Waals surface area contributed by atoms with Crippen LogP contribution in [0.15, 0.2) is 35.0 Å². The van der Waals surface area contributed by atoms with Gasteiger partial charge in [0.15, 0.2) is 14.7 Å². The fourth-order valence-corrected chi connectivity index (χ4v) is 5.27. The number of carbonyl (C=O) groups is 2. The molecular weight excluding hydrogens is 464 g/mol. The molecule has 1 amide bonds. The molecule has 5 rings (SSSR count). The molecule has 2 N–H and O–H groups in total. The number of thiazole rings is 2. The van der Waals surface area contributed by atoms with E-state index in [-0.39, 0.29) is 18.1 Å². The van der Waals surface area contributed by atoms with Crippen molar-refractivity contribution in [3.05, 3.63) is 57.4 Å². The Labute approximate surface area is 195 Å². The molecule has 1 saturated carbocycles. The monoisotopic (exact) mass is 480 g/mol. The molecule has 1 aliphatic rings. The molecule has 1 aromatic carbocycles. The molecule has 4 aromatic rings. The van der Waals surface area contributed by atoms with E-state index in [9.17, 15) is 14.7 Å². The minimum atomic E-state index is -0.842. The second-order valence-electron chi connectivity index (χ2n) is 7.48. The number of carbonyl (C=O) groups excluding carboxylic acids is 1. The molecule has 0 saturated heterocycles. The summed E-state index contributed by atoms with van der Waals surface area (Å²) in [6.07, 6.45) is 1.90. The highest BCUT2D eigenvalue weighted by Crippen LogP contribution is 2.50. The van der Waals surface area contributed by atoms with Crippen molar-refractivity contribution < 1.29 is 24.0 Å². The van der Waals surface area contributed by atoms with E-state index in [1.807, 2.05) is 31.2 Å². The summed E-state index contributed by atoms with van der Waals surface area (Å²) >= 11 is 2.56. The minimum Gasteiger partial charge on any atom is -0.481 e. The van der Waals surface area contributed by atoms with Gasteiger partial charge in [-0.2, -0.15) is 0 Å². The Hall–Kier alpha value is -3.75. The number of rotatable bonds is 5. The number of nitrogens with one attached hydrogen (secondary N) is 1. The molecule has 0 spiro atoms. The fraction of sp³-hybridized carbons (Fsp3) is 0.227. The molecule has 0 unspecified atom stereocenters. The molecule has 1 fully saturated rings. The summed E-state index contributed by atoms with van der Waals surface area (Å²) < 4.78 is 10.4. The van der Waals surface area contributed by atoms with Crippen LogP contribution in [-0.2, 0) is 21.6 Å².